The van der Waals surface area contributed by atoms with E-state index in [1.54, 1.807) is 24.1 Å². The van der Waals surface area contributed by atoms with E-state index in [0.29, 0.717) is 17.9 Å². The lowest BCUT2D eigenvalue weighted by Gasteiger charge is -2.21. The molecule has 2 N–H and O–H groups in total. The first-order valence-corrected chi connectivity index (χ1v) is 7.12. The number of hydrogen-bond donors (Lipinski definition) is 1. The van der Waals surface area contributed by atoms with Gasteiger partial charge in [0.2, 0.25) is 12.7 Å². The maximum atomic E-state index is 12.5. The maximum Gasteiger partial charge on any atom is 0.243 e. The van der Waals surface area contributed by atoms with Gasteiger partial charge in [-0.05, 0) is 24.1 Å². The first kappa shape index (κ1) is 14.4. The van der Waals surface area contributed by atoms with Gasteiger partial charge in [0.25, 0.3) is 0 Å². The van der Waals surface area contributed by atoms with Crippen LogP contribution in [-0.4, -0.2) is 25.8 Å². The van der Waals surface area contributed by atoms with Crippen molar-refractivity contribution < 1.29 is 14.3 Å². The summed E-state index contributed by atoms with van der Waals surface area (Å²) in [5.41, 5.74) is 7.83. The van der Waals surface area contributed by atoms with E-state index < -0.39 is 6.04 Å². The molecule has 0 spiro atoms. The van der Waals surface area contributed by atoms with Gasteiger partial charge in [-0.25, -0.2) is 0 Å². The lowest BCUT2D eigenvalue weighted by Crippen LogP contribution is -2.43. The summed E-state index contributed by atoms with van der Waals surface area (Å²) in [6.07, 6.45) is 0.508. The van der Waals surface area contributed by atoms with Crippen LogP contribution in [0.1, 0.15) is 5.56 Å². The Morgan fingerprint density at radius 2 is 1.91 bits per heavy atom. The number of carbonyl (C=O) groups is 1. The summed E-state index contributed by atoms with van der Waals surface area (Å²) in [5, 5.41) is 0. The van der Waals surface area contributed by atoms with Gasteiger partial charge in [0, 0.05) is 18.8 Å². The van der Waals surface area contributed by atoms with E-state index in [-0.39, 0.29) is 12.7 Å². The number of likely N-dealkylation sites (N-methyl/N-ethyl adjacent to an activating group) is 1. The van der Waals surface area contributed by atoms with Gasteiger partial charge in [0.15, 0.2) is 11.5 Å². The smallest absolute Gasteiger partial charge is 0.243 e. The number of carbonyl (C=O) groups excluding carboxylic acids is 1. The minimum Gasteiger partial charge on any atom is -0.454 e. The molecule has 0 aromatic heterocycles. The summed E-state index contributed by atoms with van der Waals surface area (Å²) in [7, 11) is 1.71. The first-order chi connectivity index (χ1) is 10.6. The number of rotatable bonds is 4. The van der Waals surface area contributed by atoms with Crippen LogP contribution < -0.4 is 20.1 Å². The number of nitrogens with two attached hydrogens (primary N) is 1. The quantitative estimate of drug-likeness (QED) is 0.937. The molecular formula is C17H18N2O3. The molecule has 0 bridgehead atoms. The van der Waals surface area contributed by atoms with Gasteiger partial charge < -0.3 is 20.1 Å². The van der Waals surface area contributed by atoms with Crippen molar-refractivity contribution in [3.05, 3.63) is 54.1 Å². The minimum absolute atomic E-state index is 0.136. The highest BCUT2D eigenvalue weighted by Crippen LogP contribution is 2.35. The van der Waals surface area contributed by atoms with Crippen molar-refractivity contribution in [3.63, 3.8) is 0 Å². The Hall–Kier alpha value is -2.53. The summed E-state index contributed by atoms with van der Waals surface area (Å²) in [6, 6.07) is 14.6. The molecule has 2 aromatic carbocycles. The van der Waals surface area contributed by atoms with Crippen LogP contribution in [0.15, 0.2) is 48.5 Å². The van der Waals surface area contributed by atoms with E-state index in [2.05, 4.69) is 0 Å². The van der Waals surface area contributed by atoms with E-state index in [4.69, 9.17) is 15.2 Å². The highest BCUT2D eigenvalue weighted by atomic mass is 16.7. The molecule has 5 nitrogen and oxygen atoms in total. The average molecular weight is 298 g/mol. The summed E-state index contributed by atoms with van der Waals surface area (Å²) >= 11 is 0. The number of anilines is 1. The van der Waals surface area contributed by atoms with Crippen LogP contribution in [0.3, 0.4) is 0 Å². The molecule has 1 heterocycles. The van der Waals surface area contributed by atoms with Crippen LogP contribution >= 0.6 is 0 Å². The van der Waals surface area contributed by atoms with Crippen molar-refractivity contribution in [1.29, 1.82) is 0 Å². The Kier molecular flexibility index (Phi) is 3.98. The van der Waals surface area contributed by atoms with Gasteiger partial charge in [-0.1, -0.05) is 30.3 Å². The van der Waals surface area contributed by atoms with Gasteiger partial charge in [-0.2, -0.15) is 0 Å². The van der Waals surface area contributed by atoms with Crippen molar-refractivity contribution in [1.82, 2.24) is 0 Å². The Morgan fingerprint density at radius 1 is 1.18 bits per heavy atom. The number of benzene rings is 2. The zero-order chi connectivity index (χ0) is 15.5. The summed E-state index contributed by atoms with van der Waals surface area (Å²) in [6.45, 7) is 0.212. The van der Waals surface area contributed by atoms with E-state index in [9.17, 15) is 4.79 Å². The van der Waals surface area contributed by atoms with Crippen molar-refractivity contribution in [2.75, 3.05) is 18.7 Å². The highest BCUT2D eigenvalue weighted by Gasteiger charge is 2.22. The zero-order valence-corrected chi connectivity index (χ0v) is 12.4. The van der Waals surface area contributed by atoms with Gasteiger partial charge in [0.05, 0.1) is 6.04 Å². The third-order valence-corrected chi connectivity index (χ3v) is 3.69. The maximum absolute atomic E-state index is 12.5. The van der Waals surface area contributed by atoms with E-state index >= 15 is 0 Å². The molecule has 0 saturated heterocycles. The first-order valence-electron chi connectivity index (χ1n) is 7.12. The van der Waals surface area contributed by atoms with Gasteiger partial charge in [0.1, 0.15) is 0 Å². The topological polar surface area (TPSA) is 64.8 Å². The normalized spacial score (nSPS) is 13.7. The number of nitrogens with zero attached hydrogens (tertiary/aromatic N) is 1. The third-order valence-electron chi connectivity index (χ3n) is 3.69. The van der Waals surface area contributed by atoms with Crippen LogP contribution in [0.2, 0.25) is 0 Å². The Balaban J connectivity index is 1.71. The molecule has 2 aromatic rings. The molecule has 22 heavy (non-hydrogen) atoms. The van der Waals surface area contributed by atoms with Crippen LogP contribution in [0.4, 0.5) is 5.69 Å². The van der Waals surface area contributed by atoms with Crippen molar-refractivity contribution in [3.8, 4) is 11.5 Å². The fraction of sp³-hybridized carbons (Fsp3) is 0.235. The molecular weight excluding hydrogens is 280 g/mol. The predicted molar refractivity (Wildman–Crippen MR) is 84.1 cm³/mol. The minimum atomic E-state index is -0.585. The van der Waals surface area contributed by atoms with Crippen LogP contribution in [-0.2, 0) is 11.2 Å². The molecule has 1 unspecified atom stereocenters. The second-order valence-electron chi connectivity index (χ2n) is 5.23. The second-order valence-corrected chi connectivity index (χ2v) is 5.23. The largest absolute Gasteiger partial charge is 0.454 e. The molecule has 0 fully saturated rings. The lowest BCUT2D eigenvalue weighted by atomic mass is 10.1. The number of fused-ring (bicyclic) bond motifs is 1. The van der Waals surface area contributed by atoms with Crippen molar-refractivity contribution >= 4 is 11.6 Å². The second kappa shape index (κ2) is 6.07. The number of ether oxygens (including phenoxy) is 2. The SMILES string of the molecule is CN(C(=O)C(N)Cc1ccccc1)c1ccc2c(c1)OCO2. The van der Waals surface area contributed by atoms with Crippen LogP contribution in [0, 0.1) is 0 Å². The molecule has 0 aliphatic carbocycles. The van der Waals surface area contributed by atoms with Crippen molar-refractivity contribution in [2.24, 2.45) is 5.73 Å². The summed E-state index contributed by atoms with van der Waals surface area (Å²) < 4.78 is 10.6. The fourth-order valence-corrected chi connectivity index (χ4v) is 2.43. The summed E-state index contributed by atoms with van der Waals surface area (Å²) in [4.78, 5) is 14.0. The number of amides is 1. The van der Waals surface area contributed by atoms with Crippen molar-refractivity contribution in [2.45, 2.75) is 12.5 Å². The fourth-order valence-electron chi connectivity index (χ4n) is 2.43. The summed E-state index contributed by atoms with van der Waals surface area (Å²) in [5.74, 6) is 1.20. The lowest BCUT2D eigenvalue weighted by molar-refractivity contribution is -0.119. The standard InChI is InChI=1S/C17H18N2O3/c1-19(13-7-8-15-16(10-13)22-11-21-15)17(20)14(18)9-12-5-3-2-4-6-12/h2-8,10,14H,9,11,18H2,1H3. The molecule has 3 rings (SSSR count). The Labute approximate surface area is 129 Å². The highest BCUT2D eigenvalue weighted by molar-refractivity contribution is 5.97. The molecule has 1 aliphatic heterocycles. The molecule has 0 radical (unpaired) electrons. The van der Waals surface area contributed by atoms with Crippen LogP contribution in [0.25, 0.3) is 0 Å². The molecule has 5 heteroatoms. The van der Waals surface area contributed by atoms with E-state index in [1.807, 2.05) is 36.4 Å². The molecule has 1 aliphatic rings. The average Bonchev–Trinajstić information content (AvgIpc) is 3.02. The Bertz CT molecular complexity index is 673. The van der Waals surface area contributed by atoms with Crippen LogP contribution in [0.5, 0.6) is 11.5 Å². The Morgan fingerprint density at radius 3 is 2.68 bits per heavy atom. The zero-order valence-electron chi connectivity index (χ0n) is 12.4. The van der Waals surface area contributed by atoms with Gasteiger partial charge in [-0.15, -0.1) is 0 Å². The van der Waals surface area contributed by atoms with E-state index in [1.165, 1.54) is 0 Å². The van der Waals surface area contributed by atoms with Gasteiger partial charge >= 0.3 is 0 Å². The monoisotopic (exact) mass is 298 g/mol. The molecule has 114 valence electrons. The van der Waals surface area contributed by atoms with E-state index in [0.717, 1.165) is 11.3 Å². The molecule has 0 saturated carbocycles. The van der Waals surface area contributed by atoms with Gasteiger partial charge in [-0.3, -0.25) is 4.79 Å². The predicted octanol–water partition coefficient (Wildman–Crippen LogP) is 1.95. The third kappa shape index (κ3) is 2.89. The molecule has 1 amide bonds. The number of hydrogen-bond acceptors (Lipinski definition) is 4. The molecule has 1 atom stereocenters.